The first-order valence-corrected chi connectivity index (χ1v) is 10.1. The van der Waals surface area contributed by atoms with Gasteiger partial charge in [0.05, 0.1) is 17.9 Å². The molecule has 0 unspecified atom stereocenters. The molecule has 3 N–H and O–H groups in total. The monoisotopic (exact) mass is 401 g/mol. The first kappa shape index (κ1) is 20.0. The van der Waals surface area contributed by atoms with E-state index >= 15 is 0 Å². The topological polar surface area (TPSA) is 108 Å². The van der Waals surface area contributed by atoms with Crippen molar-refractivity contribution in [2.45, 2.75) is 44.4 Å². The number of aryl methyl sites for hydroxylation is 1. The van der Waals surface area contributed by atoms with E-state index in [-0.39, 0.29) is 24.3 Å². The molecule has 2 saturated heterocycles. The number of carbonyl (C=O) groups is 3. The van der Waals surface area contributed by atoms with Crippen LogP contribution >= 0.6 is 0 Å². The van der Waals surface area contributed by atoms with Gasteiger partial charge in [-0.1, -0.05) is 19.1 Å². The number of nitrogens with one attached hydrogen (secondary N) is 2. The lowest BCUT2D eigenvalue weighted by molar-refractivity contribution is -0.143. The minimum atomic E-state index is -1.35. The third kappa shape index (κ3) is 2.73. The van der Waals surface area contributed by atoms with Crippen molar-refractivity contribution in [3.63, 3.8) is 0 Å². The van der Waals surface area contributed by atoms with Crippen LogP contribution in [0.4, 0.5) is 5.69 Å². The van der Waals surface area contributed by atoms with Crippen LogP contribution in [-0.4, -0.2) is 60.1 Å². The summed E-state index contributed by atoms with van der Waals surface area (Å²) in [6, 6.07) is 5.01. The van der Waals surface area contributed by atoms with Crippen molar-refractivity contribution in [3.05, 3.63) is 29.3 Å². The van der Waals surface area contributed by atoms with Crippen molar-refractivity contribution in [1.82, 2.24) is 10.2 Å². The number of anilines is 1. The Bertz CT molecular complexity index is 870. The summed E-state index contributed by atoms with van der Waals surface area (Å²) < 4.78 is 5.04. The molecule has 0 bridgehead atoms. The summed E-state index contributed by atoms with van der Waals surface area (Å²) in [7, 11) is 1.57. The Morgan fingerprint density at radius 3 is 2.69 bits per heavy atom. The van der Waals surface area contributed by atoms with Gasteiger partial charge in [-0.05, 0) is 31.4 Å². The van der Waals surface area contributed by atoms with E-state index < -0.39 is 29.5 Å². The standard InChI is InChI=1S/C21H27N3O5/c1-4-12-6-7-14-13(10-12)21(20(28)22-14)16-15(17(23-21)11(2)25)18(26)24(19(16)27)8-5-9-29-3/h6-7,10-11,15-17,23,25H,4-5,8-9H2,1-3H3,(H,22,28)/t11-,15+,16+,17-,21+/m1/s1. The third-order valence-electron chi connectivity index (χ3n) is 6.46. The number of likely N-dealkylation sites (tertiary alicyclic amines) is 1. The van der Waals surface area contributed by atoms with Gasteiger partial charge in [-0.25, -0.2) is 0 Å². The van der Waals surface area contributed by atoms with Crippen LogP contribution in [-0.2, 0) is 31.1 Å². The molecule has 0 saturated carbocycles. The average Bonchev–Trinajstić information content (AvgIpc) is 3.28. The summed E-state index contributed by atoms with van der Waals surface area (Å²) in [5, 5.41) is 16.5. The number of aliphatic hydroxyl groups is 1. The molecule has 4 rings (SSSR count). The molecule has 2 fully saturated rings. The van der Waals surface area contributed by atoms with Crippen LogP contribution in [0.25, 0.3) is 0 Å². The Kier molecular flexibility index (Phi) is 4.96. The highest BCUT2D eigenvalue weighted by molar-refractivity contribution is 6.15. The van der Waals surface area contributed by atoms with Crippen molar-refractivity contribution in [2.24, 2.45) is 11.8 Å². The summed E-state index contributed by atoms with van der Waals surface area (Å²) in [5.41, 5.74) is 1.00. The highest BCUT2D eigenvalue weighted by atomic mass is 16.5. The molecule has 3 aliphatic rings. The summed E-state index contributed by atoms with van der Waals surface area (Å²) >= 11 is 0. The van der Waals surface area contributed by atoms with Crippen LogP contribution < -0.4 is 10.6 Å². The van der Waals surface area contributed by atoms with Gasteiger partial charge < -0.3 is 15.2 Å². The third-order valence-corrected chi connectivity index (χ3v) is 6.46. The van der Waals surface area contributed by atoms with Crippen LogP contribution in [0.3, 0.4) is 0 Å². The zero-order valence-electron chi connectivity index (χ0n) is 16.9. The molecule has 0 aromatic heterocycles. The number of methoxy groups -OCH3 is 1. The Balaban J connectivity index is 1.81. The second-order valence-corrected chi connectivity index (χ2v) is 8.08. The van der Waals surface area contributed by atoms with E-state index in [0.29, 0.717) is 24.3 Å². The zero-order chi connectivity index (χ0) is 20.9. The van der Waals surface area contributed by atoms with Crippen molar-refractivity contribution in [3.8, 4) is 0 Å². The van der Waals surface area contributed by atoms with Crippen LogP contribution in [0.5, 0.6) is 0 Å². The molecule has 1 spiro atoms. The molecule has 1 aromatic carbocycles. The fraction of sp³-hybridized carbons (Fsp3) is 0.571. The van der Waals surface area contributed by atoms with Gasteiger partial charge in [0.25, 0.3) is 0 Å². The van der Waals surface area contributed by atoms with Gasteiger partial charge in [-0.2, -0.15) is 0 Å². The van der Waals surface area contributed by atoms with E-state index in [1.807, 2.05) is 25.1 Å². The molecule has 3 amide bonds. The molecule has 3 heterocycles. The predicted octanol–water partition coefficient (Wildman–Crippen LogP) is 0.387. The number of ether oxygens (including phenoxy) is 1. The van der Waals surface area contributed by atoms with E-state index in [4.69, 9.17) is 4.74 Å². The average molecular weight is 401 g/mol. The molecule has 29 heavy (non-hydrogen) atoms. The maximum absolute atomic E-state index is 13.4. The van der Waals surface area contributed by atoms with Gasteiger partial charge in [0.2, 0.25) is 17.7 Å². The largest absolute Gasteiger partial charge is 0.392 e. The maximum Gasteiger partial charge on any atom is 0.250 e. The van der Waals surface area contributed by atoms with Crippen LogP contribution in [0.15, 0.2) is 18.2 Å². The molecule has 8 nitrogen and oxygen atoms in total. The number of carbonyl (C=O) groups excluding carboxylic acids is 3. The maximum atomic E-state index is 13.4. The normalized spacial score (nSPS) is 31.4. The fourth-order valence-corrected chi connectivity index (χ4v) is 5.06. The molecule has 3 aliphatic heterocycles. The van der Waals surface area contributed by atoms with Gasteiger partial charge in [0.1, 0.15) is 5.54 Å². The number of hydrogen-bond donors (Lipinski definition) is 3. The van der Waals surface area contributed by atoms with Gasteiger partial charge in [-0.3, -0.25) is 24.6 Å². The molecule has 1 aromatic rings. The minimum absolute atomic E-state index is 0.241. The van der Waals surface area contributed by atoms with Crippen LogP contribution in [0.2, 0.25) is 0 Å². The number of imide groups is 1. The van der Waals surface area contributed by atoms with Crippen molar-refractivity contribution < 1.29 is 24.2 Å². The first-order valence-electron chi connectivity index (χ1n) is 10.1. The number of fused-ring (bicyclic) bond motifs is 4. The first-order chi connectivity index (χ1) is 13.9. The Morgan fingerprint density at radius 2 is 2.03 bits per heavy atom. The number of rotatable bonds is 6. The van der Waals surface area contributed by atoms with Gasteiger partial charge >= 0.3 is 0 Å². The Morgan fingerprint density at radius 1 is 1.28 bits per heavy atom. The number of hydrogen-bond acceptors (Lipinski definition) is 6. The van der Waals surface area contributed by atoms with Gasteiger partial charge in [-0.15, -0.1) is 0 Å². The minimum Gasteiger partial charge on any atom is -0.392 e. The Labute approximate surface area is 169 Å². The van der Waals surface area contributed by atoms with Crippen molar-refractivity contribution in [2.75, 3.05) is 25.6 Å². The summed E-state index contributed by atoms with van der Waals surface area (Å²) in [6.07, 6.45) is 0.404. The summed E-state index contributed by atoms with van der Waals surface area (Å²) in [5.74, 6) is -2.72. The summed E-state index contributed by atoms with van der Waals surface area (Å²) in [6.45, 7) is 4.27. The Hall–Kier alpha value is -2.29. The lowest BCUT2D eigenvalue weighted by Crippen LogP contribution is -2.54. The van der Waals surface area contributed by atoms with Crippen LogP contribution in [0.1, 0.15) is 31.4 Å². The zero-order valence-corrected chi connectivity index (χ0v) is 16.9. The highest BCUT2D eigenvalue weighted by Gasteiger charge is 2.70. The molecule has 0 aliphatic carbocycles. The summed E-state index contributed by atoms with van der Waals surface area (Å²) in [4.78, 5) is 41.0. The van der Waals surface area contributed by atoms with E-state index in [2.05, 4.69) is 10.6 Å². The molecule has 156 valence electrons. The number of benzene rings is 1. The quantitative estimate of drug-likeness (QED) is 0.470. The van der Waals surface area contributed by atoms with Crippen molar-refractivity contribution >= 4 is 23.4 Å². The van der Waals surface area contributed by atoms with Crippen molar-refractivity contribution in [1.29, 1.82) is 0 Å². The molecule has 5 atom stereocenters. The number of nitrogens with zero attached hydrogens (tertiary/aromatic N) is 1. The SMILES string of the molecule is CCc1ccc2c(c1)[C@@]1(N[C@H]([C@@H](C)O)[C@H]3C(=O)N(CCCOC)C(=O)[C@H]31)C(=O)N2. The molecule has 0 radical (unpaired) electrons. The fourth-order valence-electron chi connectivity index (χ4n) is 5.06. The van der Waals surface area contributed by atoms with E-state index in [1.54, 1.807) is 14.0 Å². The number of aliphatic hydroxyl groups excluding tert-OH is 1. The second kappa shape index (κ2) is 7.19. The van der Waals surface area contributed by atoms with Gasteiger partial charge in [0.15, 0.2) is 0 Å². The second-order valence-electron chi connectivity index (χ2n) is 8.08. The van der Waals surface area contributed by atoms with Crippen LogP contribution in [0, 0.1) is 11.8 Å². The molecular formula is C21H27N3O5. The van der Waals surface area contributed by atoms with E-state index in [9.17, 15) is 19.5 Å². The lowest BCUT2D eigenvalue weighted by atomic mass is 9.76. The molecule has 8 heteroatoms. The predicted molar refractivity (Wildman–Crippen MR) is 105 cm³/mol. The van der Waals surface area contributed by atoms with Gasteiger partial charge in [0, 0.05) is 37.6 Å². The highest BCUT2D eigenvalue weighted by Crippen LogP contribution is 2.53. The molecular weight excluding hydrogens is 374 g/mol. The smallest absolute Gasteiger partial charge is 0.250 e. The van der Waals surface area contributed by atoms with E-state index in [1.165, 1.54) is 4.90 Å². The number of amides is 3. The lowest BCUT2D eigenvalue weighted by Gasteiger charge is -2.30. The van der Waals surface area contributed by atoms with E-state index in [0.717, 1.165) is 12.0 Å².